The van der Waals surface area contributed by atoms with Crippen molar-refractivity contribution in [2.75, 3.05) is 19.7 Å². The SMILES string of the molecule is C=CC(=O)N(CCCCCCCCCC)CC1CCCO1. The van der Waals surface area contributed by atoms with Gasteiger partial charge in [-0.2, -0.15) is 0 Å². The summed E-state index contributed by atoms with van der Waals surface area (Å²) in [7, 11) is 0. The van der Waals surface area contributed by atoms with Crippen LogP contribution in [0.2, 0.25) is 0 Å². The van der Waals surface area contributed by atoms with Crippen LogP contribution < -0.4 is 0 Å². The second kappa shape index (κ2) is 11.8. The molecule has 0 N–H and O–H groups in total. The van der Waals surface area contributed by atoms with E-state index in [1.54, 1.807) is 0 Å². The molecule has 0 bridgehead atoms. The van der Waals surface area contributed by atoms with E-state index in [-0.39, 0.29) is 12.0 Å². The van der Waals surface area contributed by atoms with Crippen LogP contribution in [0, 0.1) is 0 Å². The summed E-state index contributed by atoms with van der Waals surface area (Å²) in [6, 6.07) is 0. The molecular formula is C18H33NO2. The van der Waals surface area contributed by atoms with Crippen molar-refractivity contribution in [1.29, 1.82) is 0 Å². The summed E-state index contributed by atoms with van der Waals surface area (Å²) in [5.41, 5.74) is 0. The largest absolute Gasteiger partial charge is 0.376 e. The van der Waals surface area contributed by atoms with E-state index in [4.69, 9.17) is 4.74 Å². The van der Waals surface area contributed by atoms with Crippen molar-refractivity contribution in [2.45, 2.75) is 77.2 Å². The molecule has 1 atom stereocenters. The van der Waals surface area contributed by atoms with E-state index >= 15 is 0 Å². The maximum absolute atomic E-state index is 11.9. The number of hydrogen-bond acceptors (Lipinski definition) is 2. The fourth-order valence-corrected chi connectivity index (χ4v) is 2.89. The Morgan fingerprint density at radius 1 is 1.19 bits per heavy atom. The van der Waals surface area contributed by atoms with Crippen molar-refractivity contribution < 1.29 is 9.53 Å². The predicted molar refractivity (Wildman–Crippen MR) is 88.4 cm³/mol. The zero-order valence-corrected chi connectivity index (χ0v) is 13.8. The molecule has 0 aromatic carbocycles. The van der Waals surface area contributed by atoms with Crippen molar-refractivity contribution in [1.82, 2.24) is 4.90 Å². The smallest absolute Gasteiger partial charge is 0.246 e. The van der Waals surface area contributed by atoms with Gasteiger partial charge in [0.2, 0.25) is 5.91 Å². The Hall–Kier alpha value is -0.830. The third kappa shape index (κ3) is 8.25. The van der Waals surface area contributed by atoms with E-state index in [1.807, 2.05) is 4.90 Å². The van der Waals surface area contributed by atoms with Crippen molar-refractivity contribution in [3.63, 3.8) is 0 Å². The standard InChI is InChI=1S/C18H33NO2/c1-3-5-6-7-8-9-10-11-14-19(18(20)4-2)16-17-13-12-15-21-17/h4,17H,2-3,5-16H2,1H3. The molecule has 1 rings (SSSR count). The molecule has 122 valence electrons. The molecule has 0 aliphatic carbocycles. The molecule has 3 nitrogen and oxygen atoms in total. The zero-order chi connectivity index (χ0) is 15.3. The number of amides is 1. The summed E-state index contributed by atoms with van der Waals surface area (Å²) in [4.78, 5) is 13.8. The van der Waals surface area contributed by atoms with Crippen LogP contribution in [-0.4, -0.2) is 36.6 Å². The van der Waals surface area contributed by atoms with E-state index in [1.165, 1.54) is 51.0 Å². The van der Waals surface area contributed by atoms with E-state index in [2.05, 4.69) is 13.5 Å². The van der Waals surface area contributed by atoms with Gasteiger partial charge in [0, 0.05) is 19.7 Å². The molecule has 3 heteroatoms. The van der Waals surface area contributed by atoms with Gasteiger partial charge in [-0.05, 0) is 25.3 Å². The van der Waals surface area contributed by atoms with Crippen LogP contribution in [0.15, 0.2) is 12.7 Å². The van der Waals surface area contributed by atoms with Crippen LogP contribution in [0.4, 0.5) is 0 Å². The summed E-state index contributed by atoms with van der Waals surface area (Å²) in [6.07, 6.45) is 14.2. The maximum Gasteiger partial charge on any atom is 0.246 e. The van der Waals surface area contributed by atoms with Gasteiger partial charge < -0.3 is 9.64 Å². The number of carbonyl (C=O) groups excluding carboxylic acids is 1. The second-order valence-corrected chi connectivity index (χ2v) is 6.10. The molecule has 1 aliphatic rings. The maximum atomic E-state index is 11.9. The molecule has 21 heavy (non-hydrogen) atoms. The molecule has 0 aromatic rings. The topological polar surface area (TPSA) is 29.5 Å². The lowest BCUT2D eigenvalue weighted by Gasteiger charge is -2.24. The van der Waals surface area contributed by atoms with Gasteiger partial charge in [0.25, 0.3) is 0 Å². The summed E-state index contributed by atoms with van der Waals surface area (Å²) >= 11 is 0. The van der Waals surface area contributed by atoms with Gasteiger partial charge in [-0.1, -0.05) is 58.4 Å². The van der Waals surface area contributed by atoms with Crippen LogP contribution in [0.3, 0.4) is 0 Å². The fourth-order valence-electron chi connectivity index (χ4n) is 2.89. The lowest BCUT2D eigenvalue weighted by Crippen LogP contribution is -2.37. The van der Waals surface area contributed by atoms with Gasteiger partial charge in [0.15, 0.2) is 0 Å². The number of carbonyl (C=O) groups is 1. The molecule has 1 saturated heterocycles. The molecular weight excluding hydrogens is 262 g/mol. The van der Waals surface area contributed by atoms with Crippen molar-refractivity contribution in [3.8, 4) is 0 Å². The summed E-state index contributed by atoms with van der Waals surface area (Å²) in [6.45, 7) is 8.29. The molecule has 1 aliphatic heterocycles. The number of nitrogens with zero attached hydrogens (tertiary/aromatic N) is 1. The molecule has 1 heterocycles. The average molecular weight is 295 g/mol. The Kier molecular flexibility index (Phi) is 10.2. The van der Waals surface area contributed by atoms with Crippen molar-refractivity contribution >= 4 is 5.91 Å². The summed E-state index contributed by atoms with van der Waals surface area (Å²) in [5, 5.41) is 0. The third-order valence-corrected chi connectivity index (χ3v) is 4.22. The highest BCUT2D eigenvalue weighted by molar-refractivity contribution is 5.87. The lowest BCUT2D eigenvalue weighted by molar-refractivity contribution is -0.127. The normalized spacial score (nSPS) is 17.9. The Labute approximate surface area is 130 Å². The van der Waals surface area contributed by atoms with Gasteiger partial charge in [-0.15, -0.1) is 0 Å². The molecule has 0 saturated carbocycles. The molecule has 0 aromatic heterocycles. The van der Waals surface area contributed by atoms with Crippen LogP contribution in [-0.2, 0) is 9.53 Å². The Morgan fingerprint density at radius 3 is 2.43 bits per heavy atom. The highest BCUT2D eigenvalue weighted by Crippen LogP contribution is 2.15. The van der Waals surface area contributed by atoms with Gasteiger partial charge in [-0.25, -0.2) is 0 Å². The number of rotatable bonds is 12. The predicted octanol–water partition coefficient (Wildman–Crippen LogP) is 4.32. The van der Waals surface area contributed by atoms with Gasteiger partial charge in [0.1, 0.15) is 0 Å². The molecule has 1 amide bonds. The Morgan fingerprint density at radius 2 is 1.86 bits per heavy atom. The Balaban J connectivity index is 2.11. The van der Waals surface area contributed by atoms with Crippen molar-refractivity contribution in [2.24, 2.45) is 0 Å². The van der Waals surface area contributed by atoms with Gasteiger partial charge >= 0.3 is 0 Å². The quantitative estimate of drug-likeness (QED) is 0.396. The molecule has 0 spiro atoms. The molecule has 0 radical (unpaired) electrons. The second-order valence-electron chi connectivity index (χ2n) is 6.10. The van der Waals surface area contributed by atoms with E-state index in [9.17, 15) is 4.79 Å². The summed E-state index contributed by atoms with van der Waals surface area (Å²) < 4.78 is 5.63. The van der Waals surface area contributed by atoms with Crippen LogP contribution >= 0.6 is 0 Å². The minimum absolute atomic E-state index is 0.0495. The number of unbranched alkanes of at least 4 members (excludes halogenated alkanes) is 7. The number of ether oxygens (including phenoxy) is 1. The summed E-state index contributed by atoms with van der Waals surface area (Å²) in [5.74, 6) is 0.0495. The van der Waals surface area contributed by atoms with Gasteiger partial charge in [0.05, 0.1) is 6.10 Å². The average Bonchev–Trinajstić information content (AvgIpc) is 3.01. The Bertz CT molecular complexity index is 285. The van der Waals surface area contributed by atoms with E-state index < -0.39 is 0 Å². The van der Waals surface area contributed by atoms with E-state index in [0.29, 0.717) is 0 Å². The number of hydrogen-bond donors (Lipinski definition) is 0. The molecule has 1 unspecified atom stereocenters. The van der Waals surface area contributed by atoms with Crippen LogP contribution in [0.1, 0.15) is 71.1 Å². The highest BCUT2D eigenvalue weighted by atomic mass is 16.5. The van der Waals surface area contributed by atoms with Crippen LogP contribution in [0.5, 0.6) is 0 Å². The zero-order valence-electron chi connectivity index (χ0n) is 13.8. The van der Waals surface area contributed by atoms with Crippen molar-refractivity contribution in [3.05, 3.63) is 12.7 Å². The highest BCUT2D eigenvalue weighted by Gasteiger charge is 2.20. The van der Waals surface area contributed by atoms with Gasteiger partial charge in [-0.3, -0.25) is 4.79 Å². The first-order valence-electron chi connectivity index (χ1n) is 8.81. The minimum Gasteiger partial charge on any atom is -0.376 e. The monoisotopic (exact) mass is 295 g/mol. The fraction of sp³-hybridized carbons (Fsp3) is 0.833. The van der Waals surface area contributed by atoms with E-state index in [0.717, 1.165) is 39.0 Å². The lowest BCUT2D eigenvalue weighted by atomic mass is 10.1. The first kappa shape index (κ1) is 18.2. The first-order chi connectivity index (χ1) is 10.3. The van der Waals surface area contributed by atoms with Crippen LogP contribution in [0.25, 0.3) is 0 Å². The molecule has 1 fully saturated rings. The third-order valence-electron chi connectivity index (χ3n) is 4.22. The minimum atomic E-state index is 0.0495. The first-order valence-corrected chi connectivity index (χ1v) is 8.81.